The minimum atomic E-state index is -0.215. The van der Waals surface area contributed by atoms with E-state index < -0.39 is 0 Å². The summed E-state index contributed by atoms with van der Waals surface area (Å²) in [5.74, 6) is 2.52. The first-order chi connectivity index (χ1) is 12.9. The Balaban J connectivity index is 1.53. The van der Waals surface area contributed by atoms with E-state index in [4.69, 9.17) is 9.31 Å². The van der Waals surface area contributed by atoms with Crippen LogP contribution in [0.25, 0.3) is 0 Å². The molecule has 1 saturated carbocycles. The molecule has 0 aromatic heterocycles. The lowest BCUT2D eigenvalue weighted by atomic mass is 9.59. The summed E-state index contributed by atoms with van der Waals surface area (Å²) >= 11 is 1.98. The molecular formula is C23H37BO2S. The molecule has 3 rings (SSSR count). The largest absolute Gasteiger partial charge is 0.461 e. The molecule has 1 unspecified atom stereocenters. The summed E-state index contributed by atoms with van der Waals surface area (Å²) in [5, 5.41) is 0. The van der Waals surface area contributed by atoms with Gasteiger partial charge < -0.3 is 9.31 Å². The number of unbranched alkanes of at least 4 members (excludes halogenated alkanes) is 1. The smallest absolute Gasteiger partial charge is 0.403 e. The molecule has 150 valence electrons. The van der Waals surface area contributed by atoms with Crippen molar-refractivity contribution >= 4 is 18.9 Å². The van der Waals surface area contributed by atoms with Gasteiger partial charge in [-0.15, -0.1) is 11.8 Å². The van der Waals surface area contributed by atoms with E-state index in [1.54, 1.807) is 0 Å². The van der Waals surface area contributed by atoms with Gasteiger partial charge in [0.1, 0.15) is 0 Å². The van der Waals surface area contributed by atoms with Crippen molar-refractivity contribution in [1.29, 1.82) is 0 Å². The molecule has 0 bridgehead atoms. The molecule has 27 heavy (non-hydrogen) atoms. The highest BCUT2D eigenvalue weighted by Crippen LogP contribution is 2.46. The predicted octanol–water partition coefficient (Wildman–Crippen LogP) is 6.99. The second kappa shape index (κ2) is 9.37. The van der Waals surface area contributed by atoms with Crippen molar-refractivity contribution in [3.63, 3.8) is 0 Å². The van der Waals surface area contributed by atoms with E-state index in [1.165, 1.54) is 62.0 Å². The van der Waals surface area contributed by atoms with Crippen LogP contribution in [0, 0.1) is 5.92 Å². The molecule has 0 radical (unpaired) electrons. The average Bonchev–Trinajstić information content (AvgIpc) is 2.87. The Kier molecular flexibility index (Phi) is 7.38. The molecule has 1 aliphatic carbocycles. The second-order valence-corrected chi connectivity index (χ2v) is 10.5. The van der Waals surface area contributed by atoms with Gasteiger partial charge in [0.2, 0.25) is 0 Å². The number of hydrogen-bond acceptors (Lipinski definition) is 3. The Morgan fingerprint density at radius 3 is 2.22 bits per heavy atom. The van der Waals surface area contributed by atoms with Crippen LogP contribution in [0.5, 0.6) is 0 Å². The quantitative estimate of drug-likeness (QED) is 0.272. The van der Waals surface area contributed by atoms with Gasteiger partial charge in [0.15, 0.2) is 0 Å². The molecule has 2 nitrogen and oxygen atoms in total. The standard InChI is InChI=1S/C23H37BO2S/c1-22(2)23(3,4)26-24(25-22)21(19-13-7-5-8-14-19)17-11-12-18-27-20-15-9-6-10-16-20/h6,9-10,15-16,19,21H,5,7-8,11-14,17-18H2,1-4H3. The topological polar surface area (TPSA) is 18.5 Å². The minimum absolute atomic E-state index is 0.0279. The van der Waals surface area contributed by atoms with Crippen LogP contribution in [-0.2, 0) is 9.31 Å². The molecule has 0 N–H and O–H groups in total. The molecule has 0 amide bonds. The number of thioether (sulfide) groups is 1. The lowest BCUT2D eigenvalue weighted by Crippen LogP contribution is -2.41. The van der Waals surface area contributed by atoms with Gasteiger partial charge >= 0.3 is 7.12 Å². The SMILES string of the molecule is CC1(C)OB(C(CCCCSc2ccccc2)C2CCCCC2)OC1(C)C. The van der Waals surface area contributed by atoms with Crippen molar-refractivity contribution < 1.29 is 9.31 Å². The molecule has 1 aromatic rings. The Labute approximate surface area is 171 Å². The zero-order valence-corrected chi connectivity index (χ0v) is 18.5. The summed E-state index contributed by atoms with van der Waals surface area (Å²) in [6, 6.07) is 10.8. The monoisotopic (exact) mass is 388 g/mol. The molecule has 4 heteroatoms. The van der Waals surface area contributed by atoms with Crippen LogP contribution in [-0.4, -0.2) is 24.1 Å². The molecule has 1 aliphatic heterocycles. The van der Waals surface area contributed by atoms with Crippen molar-refractivity contribution in [1.82, 2.24) is 0 Å². The van der Waals surface area contributed by atoms with Crippen molar-refractivity contribution in [2.45, 2.75) is 101 Å². The van der Waals surface area contributed by atoms with Gasteiger partial charge in [0.05, 0.1) is 11.2 Å². The maximum atomic E-state index is 6.48. The Morgan fingerprint density at radius 1 is 0.963 bits per heavy atom. The first-order valence-corrected chi connectivity index (χ1v) is 11.9. The molecule has 2 fully saturated rings. The first-order valence-electron chi connectivity index (χ1n) is 10.9. The lowest BCUT2D eigenvalue weighted by Gasteiger charge is -2.32. The summed E-state index contributed by atoms with van der Waals surface area (Å²) < 4.78 is 13.0. The van der Waals surface area contributed by atoms with Gasteiger partial charge in [-0.1, -0.05) is 63.1 Å². The number of benzene rings is 1. The maximum Gasteiger partial charge on any atom is 0.461 e. The number of hydrogen-bond donors (Lipinski definition) is 0. The fourth-order valence-electron chi connectivity index (χ4n) is 4.41. The lowest BCUT2D eigenvalue weighted by molar-refractivity contribution is 0.00578. The van der Waals surface area contributed by atoms with Crippen molar-refractivity contribution in [3.8, 4) is 0 Å². The van der Waals surface area contributed by atoms with Crippen LogP contribution in [0.4, 0.5) is 0 Å². The van der Waals surface area contributed by atoms with Crippen LogP contribution in [0.15, 0.2) is 35.2 Å². The van der Waals surface area contributed by atoms with E-state index in [1.807, 2.05) is 11.8 Å². The zero-order chi connectivity index (χ0) is 19.3. The predicted molar refractivity (Wildman–Crippen MR) is 117 cm³/mol. The third-order valence-corrected chi connectivity index (χ3v) is 7.92. The van der Waals surface area contributed by atoms with Gasteiger partial charge in [-0.05, 0) is 63.7 Å². The van der Waals surface area contributed by atoms with Crippen molar-refractivity contribution in [3.05, 3.63) is 30.3 Å². The fourth-order valence-corrected chi connectivity index (χ4v) is 5.34. The van der Waals surface area contributed by atoms with E-state index in [0.29, 0.717) is 5.82 Å². The first kappa shape index (κ1) is 21.3. The Morgan fingerprint density at radius 2 is 1.59 bits per heavy atom. The molecule has 1 aromatic carbocycles. The van der Waals surface area contributed by atoms with Crippen LogP contribution < -0.4 is 0 Å². The van der Waals surface area contributed by atoms with Gasteiger partial charge in [-0.25, -0.2) is 0 Å². The highest BCUT2D eigenvalue weighted by molar-refractivity contribution is 7.99. The van der Waals surface area contributed by atoms with Crippen molar-refractivity contribution in [2.75, 3.05) is 5.75 Å². The molecule has 2 aliphatic rings. The second-order valence-electron chi connectivity index (χ2n) is 9.34. The van der Waals surface area contributed by atoms with Crippen LogP contribution in [0.3, 0.4) is 0 Å². The van der Waals surface area contributed by atoms with E-state index in [-0.39, 0.29) is 18.3 Å². The summed E-state index contributed by atoms with van der Waals surface area (Å²) in [6.07, 6.45) is 10.6. The van der Waals surface area contributed by atoms with Gasteiger partial charge in [-0.3, -0.25) is 0 Å². The fraction of sp³-hybridized carbons (Fsp3) is 0.739. The Bertz CT molecular complexity index is 553. The zero-order valence-electron chi connectivity index (χ0n) is 17.7. The third-order valence-electron chi connectivity index (χ3n) is 6.82. The highest BCUT2D eigenvalue weighted by Gasteiger charge is 2.54. The van der Waals surface area contributed by atoms with Crippen LogP contribution in [0.1, 0.15) is 79.1 Å². The van der Waals surface area contributed by atoms with E-state index in [2.05, 4.69) is 58.0 Å². The van der Waals surface area contributed by atoms with Crippen LogP contribution in [0.2, 0.25) is 5.82 Å². The summed E-state index contributed by atoms with van der Waals surface area (Å²) in [4.78, 5) is 1.38. The summed E-state index contributed by atoms with van der Waals surface area (Å²) in [7, 11) is -0.0279. The highest BCUT2D eigenvalue weighted by atomic mass is 32.2. The molecule has 1 heterocycles. The van der Waals surface area contributed by atoms with Gasteiger partial charge in [0, 0.05) is 4.90 Å². The van der Waals surface area contributed by atoms with Gasteiger partial charge in [0.25, 0.3) is 0 Å². The molecule has 0 spiro atoms. The van der Waals surface area contributed by atoms with E-state index in [0.717, 1.165) is 5.92 Å². The maximum absolute atomic E-state index is 6.48. The van der Waals surface area contributed by atoms with E-state index in [9.17, 15) is 0 Å². The molecule has 1 atom stereocenters. The van der Waals surface area contributed by atoms with E-state index >= 15 is 0 Å². The molecular weight excluding hydrogens is 351 g/mol. The van der Waals surface area contributed by atoms with Crippen molar-refractivity contribution in [2.24, 2.45) is 5.92 Å². The Hall–Kier alpha value is -0.445. The number of rotatable bonds is 8. The molecule has 1 saturated heterocycles. The normalized spacial score (nSPS) is 23.5. The van der Waals surface area contributed by atoms with Gasteiger partial charge in [-0.2, -0.15) is 0 Å². The minimum Gasteiger partial charge on any atom is -0.403 e. The van der Waals surface area contributed by atoms with Crippen LogP contribution >= 0.6 is 11.8 Å². The summed E-state index contributed by atoms with van der Waals surface area (Å²) in [6.45, 7) is 8.73. The third kappa shape index (κ3) is 5.55. The summed E-state index contributed by atoms with van der Waals surface area (Å²) in [5.41, 5.74) is -0.429. The average molecular weight is 388 g/mol.